The molecule has 5 nitrogen and oxygen atoms in total. The normalized spacial score (nSPS) is 14.9. The standard InChI is InChI=1S/C14H16N4O/c1-17-10-15-9-12(17)13-11(5-4-6-16-13)14(19)18-7-2-3-8-18/h4-6,9-10H,2-3,7-8H2,1H3. The van der Waals surface area contributed by atoms with Gasteiger partial charge in [0.2, 0.25) is 0 Å². The van der Waals surface area contributed by atoms with Gasteiger partial charge in [-0.1, -0.05) is 0 Å². The summed E-state index contributed by atoms with van der Waals surface area (Å²) in [6, 6.07) is 3.65. The molecular formula is C14H16N4O. The van der Waals surface area contributed by atoms with Gasteiger partial charge in [-0.05, 0) is 25.0 Å². The van der Waals surface area contributed by atoms with Gasteiger partial charge in [0.25, 0.3) is 5.91 Å². The lowest BCUT2D eigenvalue weighted by Crippen LogP contribution is -2.28. The number of likely N-dealkylation sites (tertiary alicyclic amines) is 1. The molecule has 1 aliphatic rings. The Bertz CT molecular complexity index is 599. The predicted octanol–water partition coefficient (Wildman–Crippen LogP) is 1.72. The van der Waals surface area contributed by atoms with Crippen molar-refractivity contribution in [1.82, 2.24) is 19.4 Å². The van der Waals surface area contributed by atoms with Crippen molar-refractivity contribution in [1.29, 1.82) is 0 Å². The van der Waals surface area contributed by atoms with Gasteiger partial charge in [0.15, 0.2) is 0 Å². The zero-order valence-electron chi connectivity index (χ0n) is 10.9. The van der Waals surface area contributed by atoms with E-state index in [1.165, 1.54) is 0 Å². The van der Waals surface area contributed by atoms with E-state index in [1.807, 2.05) is 28.6 Å². The predicted molar refractivity (Wildman–Crippen MR) is 71.6 cm³/mol. The number of carbonyl (C=O) groups is 1. The van der Waals surface area contributed by atoms with Gasteiger partial charge in [-0.3, -0.25) is 9.78 Å². The van der Waals surface area contributed by atoms with Crippen molar-refractivity contribution in [2.75, 3.05) is 13.1 Å². The minimum atomic E-state index is 0.0711. The summed E-state index contributed by atoms with van der Waals surface area (Å²) in [4.78, 5) is 22.9. The van der Waals surface area contributed by atoms with Crippen LogP contribution >= 0.6 is 0 Å². The number of hydrogen-bond donors (Lipinski definition) is 0. The van der Waals surface area contributed by atoms with Crippen LogP contribution in [0.1, 0.15) is 23.2 Å². The van der Waals surface area contributed by atoms with E-state index in [2.05, 4.69) is 9.97 Å². The number of hydrogen-bond acceptors (Lipinski definition) is 3. The van der Waals surface area contributed by atoms with Crippen LogP contribution in [-0.2, 0) is 7.05 Å². The Hall–Kier alpha value is -2.17. The van der Waals surface area contributed by atoms with Crippen LogP contribution in [0.15, 0.2) is 30.9 Å². The molecule has 1 fully saturated rings. The van der Waals surface area contributed by atoms with E-state index >= 15 is 0 Å². The third-order valence-corrected chi connectivity index (χ3v) is 3.49. The molecule has 98 valence electrons. The van der Waals surface area contributed by atoms with Gasteiger partial charge in [0, 0.05) is 26.3 Å². The molecule has 0 radical (unpaired) electrons. The summed E-state index contributed by atoms with van der Waals surface area (Å²) in [5.74, 6) is 0.0711. The maximum absolute atomic E-state index is 12.5. The minimum absolute atomic E-state index is 0.0711. The zero-order valence-corrected chi connectivity index (χ0v) is 10.9. The van der Waals surface area contributed by atoms with E-state index < -0.39 is 0 Å². The van der Waals surface area contributed by atoms with Crippen molar-refractivity contribution < 1.29 is 4.79 Å². The van der Waals surface area contributed by atoms with Crippen molar-refractivity contribution in [3.8, 4) is 11.4 Å². The van der Waals surface area contributed by atoms with Crippen LogP contribution < -0.4 is 0 Å². The second-order valence-electron chi connectivity index (χ2n) is 4.79. The number of rotatable bonds is 2. The monoisotopic (exact) mass is 256 g/mol. The summed E-state index contributed by atoms with van der Waals surface area (Å²) in [6.45, 7) is 1.69. The molecule has 0 saturated carbocycles. The molecule has 0 N–H and O–H groups in total. The number of aryl methyl sites for hydroxylation is 1. The lowest BCUT2D eigenvalue weighted by molar-refractivity contribution is 0.0793. The summed E-state index contributed by atoms with van der Waals surface area (Å²) in [5, 5.41) is 0. The molecule has 3 heterocycles. The lowest BCUT2D eigenvalue weighted by Gasteiger charge is -2.17. The Morgan fingerprint density at radius 1 is 1.32 bits per heavy atom. The number of imidazole rings is 1. The molecular weight excluding hydrogens is 240 g/mol. The van der Waals surface area contributed by atoms with Gasteiger partial charge in [0.1, 0.15) is 5.69 Å². The maximum Gasteiger partial charge on any atom is 0.256 e. The number of amides is 1. The molecule has 0 unspecified atom stereocenters. The highest BCUT2D eigenvalue weighted by Gasteiger charge is 2.23. The van der Waals surface area contributed by atoms with Crippen LogP contribution in [0.3, 0.4) is 0 Å². The average Bonchev–Trinajstić information content (AvgIpc) is 3.09. The van der Waals surface area contributed by atoms with Crippen molar-refractivity contribution in [2.45, 2.75) is 12.8 Å². The molecule has 0 spiro atoms. The third-order valence-electron chi connectivity index (χ3n) is 3.49. The summed E-state index contributed by atoms with van der Waals surface area (Å²) in [5.41, 5.74) is 2.23. The van der Waals surface area contributed by atoms with Crippen molar-refractivity contribution in [3.05, 3.63) is 36.4 Å². The van der Waals surface area contributed by atoms with Gasteiger partial charge in [-0.2, -0.15) is 0 Å². The Morgan fingerprint density at radius 2 is 2.11 bits per heavy atom. The molecule has 5 heteroatoms. The number of aromatic nitrogens is 3. The molecule has 1 amide bonds. The quantitative estimate of drug-likeness (QED) is 0.822. The molecule has 0 bridgehead atoms. The van der Waals surface area contributed by atoms with E-state index in [0.29, 0.717) is 11.3 Å². The van der Waals surface area contributed by atoms with E-state index in [1.54, 1.807) is 18.7 Å². The molecule has 0 aliphatic carbocycles. The van der Waals surface area contributed by atoms with E-state index in [9.17, 15) is 4.79 Å². The largest absolute Gasteiger partial charge is 0.339 e. The summed E-state index contributed by atoms with van der Waals surface area (Å²) >= 11 is 0. The van der Waals surface area contributed by atoms with Gasteiger partial charge in [0.05, 0.1) is 23.8 Å². The molecule has 2 aromatic heterocycles. The van der Waals surface area contributed by atoms with Crippen LogP contribution in [0.25, 0.3) is 11.4 Å². The number of carbonyl (C=O) groups excluding carboxylic acids is 1. The molecule has 3 rings (SSSR count). The van der Waals surface area contributed by atoms with E-state index in [0.717, 1.165) is 31.6 Å². The van der Waals surface area contributed by atoms with Crippen molar-refractivity contribution >= 4 is 5.91 Å². The van der Waals surface area contributed by atoms with Gasteiger partial charge >= 0.3 is 0 Å². The number of pyridine rings is 1. The van der Waals surface area contributed by atoms with Crippen LogP contribution in [-0.4, -0.2) is 38.4 Å². The molecule has 0 aromatic carbocycles. The van der Waals surface area contributed by atoms with Crippen LogP contribution in [0.2, 0.25) is 0 Å². The fourth-order valence-corrected chi connectivity index (χ4v) is 2.46. The van der Waals surface area contributed by atoms with E-state index in [4.69, 9.17) is 0 Å². The van der Waals surface area contributed by atoms with Crippen LogP contribution in [0.5, 0.6) is 0 Å². The molecule has 19 heavy (non-hydrogen) atoms. The Kier molecular flexibility index (Phi) is 3.03. The van der Waals surface area contributed by atoms with Crippen molar-refractivity contribution in [2.24, 2.45) is 7.05 Å². The lowest BCUT2D eigenvalue weighted by atomic mass is 10.1. The van der Waals surface area contributed by atoms with Crippen LogP contribution in [0.4, 0.5) is 0 Å². The molecule has 0 atom stereocenters. The third kappa shape index (κ3) is 2.12. The zero-order chi connectivity index (χ0) is 13.2. The topological polar surface area (TPSA) is 51.0 Å². The summed E-state index contributed by atoms with van der Waals surface area (Å²) < 4.78 is 1.88. The average molecular weight is 256 g/mol. The highest BCUT2D eigenvalue weighted by atomic mass is 16.2. The van der Waals surface area contributed by atoms with Gasteiger partial charge < -0.3 is 9.47 Å². The Morgan fingerprint density at radius 3 is 2.79 bits per heavy atom. The van der Waals surface area contributed by atoms with Crippen LogP contribution in [0, 0.1) is 0 Å². The first-order valence-electron chi connectivity index (χ1n) is 6.48. The first-order chi connectivity index (χ1) is 9.27. The molecule has 1 saturated heterocycles. The summed E-state index contributed by atoms with van der Waals surface area (Å²) in [7, 11) is 1.90. The highest BCUT2D eigenvalue weighted by molar-refractivity contribution is 5.99. The fraction of sp³-hybridized carbons (Fsp3) is 0.357. The second-order valence-corrected chi connectivity index (χ2v) is 4.79. The smallest absolute Gasteiger partial charge is 0.256 e. The maximum atomic E-state index is 12.5. The molecule has 1 aliphatic heterocycles. The first-order valence-corrected chi connectivity index (χ1v) is 6.48. The van der Waals surface area contributed by atoms with Gasteiger partial charge in [-0.15, -0.1) is 0 Å². The molecule has 2 aromatic rings. The number of nitrogens with zero attached hydrogens (tertiary/aromatic N) is 4. The SMILES string of the molecule is Cn1cncc1-c1ncccc1C(=O)N1CCCC1. The summed E-state index contributed by atoms with van der Waals surface area (Å²) in [6.07, 6.45) is 7.35. The minimum Gasteiger partial charge on any atom is -0.339 e. The second kappa shape index (κ2) is 4.84. The fourth-order valence-electron chi connectivity index (χ4n) is 2.46. The van der Waals surface area contributed by atoms with Gasteiger partial charge in [-0.25, -0.2) is 4.98 Å². The van der Waals surface area contributed by atoms with E-state index in [-0.39, 0.29) is 5.91 Å². The Balaban J connectivity index is 2.02. The first kappa shape index (κ1) is 11.9. The highest BCUT2D eigenvalue weighted by Crippen LogP contribution is 2.23. The van der Waals surface area contributed by atoms with Crippen molar-refractivity contribution in [3.63, 3.8) is 0 Å². The Labute approximate surface area is 111 Å².